The van der Waals surface area contributed by atoms with Crippen LogP contribution in [0.25, 0.3) is 10.8 Å². The van der Waals surface area contributed by atoms with Gasteiger partial charge in [0.05, 0.1) is 13.2 Å². The normalized spacial score (nSPS) is 20.5. The van der Waals surface area contributed by atoms with E-state index >= 15 is 0 Å². The minimum atomic E-state index is 0.828. The molecule has 2 aliphatic heterocycles. The third kappa shape index (κ3) is 1.86. The Balaban J connectivity index is 1.85. The van der Waals surface area contributed by atoms with Gasteiger partial charge in [-0.2, -0.15) is 0 Å². The molecule has 0 aliphatic carbocycles. The third-order valence-corrected chi connectivity index (χ3v) is 5.24. The molecule has 2 heterocycles. The highest BCUT2D eigenvalue weighted by molar-refractivity contribution is 6.31. The van der Waals surface area contributed by atoms with Gasteiger partial charge >= 0.3 is 0 Å². The van der Waals surface area contributed by atoms with Gasteiger partial charge in [0.15, 0.2) is 0 Å². The van der Waals surface area contributed by atoms with E-state index in [1.54, 1.807) is 5.56 Å². The first-order valence-electron chi connectivity index (χ1n) is 7.30. The van der Waals surface area contributed by atoms with E-state index in [2.05, 4.69) is 25.1 Å². The minimum absolute atomic E-state index is 0.828. The Labute approximate surface area is 124 Å². The molecule has 4 rings (SSSR count). The maximum atomic E-state index is 6.16. The van der Waals surface area contributed by atoms with E-state index in [9.17, 15) is 0 Å². The lowest BCUT2D eigenvalue weighted by Gasteiger charge is -2.37. The van der Waals surface area contributed by atoms with Crippen molar-refractivity contribution in [2.24, 2.45) is 0 Å². The van der Waals surface area contributed by atoms with Gasteiger partial charge in [-0.1, -0.05) is 17.7 Å². The van der Waals surface area contributed by atoms with Crippen molar-refractivity contribution < 1.29 is 9.22 Å². The van der Waals surface area contributed by atoms with Gasteiger partial charge in [-0.15, -0.1) is 0 Å². The fourth-order valence-corrected chi connectivity index (χ4v) is 3.99. The Morgan fingerprint density at radius 3 is 2.70 bits per heavy atom. The Hall–Kier alpha value is -1.09. The van der Waals surface area contributed by atoms with E-state index in [1.807, 2.05) is 6.07 Å². The van der Waals surface area contributed by atoms with Crippen molar-refractivity contribution in [1.29, 1.82) is 0 Å². The Kier molecular flexibility index (Phi) is 2.81. The van der Waals surface area contributed by atoms with Crippen LogP contribution < -0.4 is 0 Å². The van der Waals surface area contributed by atoms with Crippen LogP contribution in [0.1, 0.15) is 16.7 Å². The molecule has 3 heteroatoms. The van der Waals surface area contributed by atoms with E-state index < -0.39 is 0 Å². The number of morpholine rings is 1. The van der Waals surface area contributed by atoms with Crippen molar-refractivity contribution in [3.05, 3.63) is 46.0 Å². The van der Waals surface area contributed by atoms with E-state index in [4.69, 9.17) is 16.3 Å². The number of halogens is 1. The molecule has 0 N–H and O–H groups in total. The lowest BCUT2D eigenvalue weighted by molar-refractivity contribution is -0.953. The molecule has 2 aliphatic rings. The second kappa shape index (κ2) is 4.45. The summed E-state index contributed by atoms with van der Waals surface area (Å²) in [5.74, 6) is 0. The molecule has 2 nitrogen and oxygen atoms in total. The summed E-state index contributed by atoms with van der Waals surface area (Å²) in [5.41, 5.74) is 4.49. The zero-order valence-electron chi connectivity index (χ0n) is 11.8. The van der Waals surface area contributed by atoms with Crippen LogP contribution in [-0.4, -0.2) is 30.8 Å². The molecule has 20 heavy (non-hydrogen) atoms. The lowest BCUT2D eigenvalue weighted by atomic mass is 9.97. The van der Waals surface area contributed by atoms with Gasteiger partial charge in [0, 0.05) is 16.1 Å². The van der Waals surface area contributed by atoms with Crippen LogP contribution in [0, 0.1) is 6.92 Å². The number of hydrogen-bond donors (Lipinski definition) is 0. The average Bonchev–Trinajstić information content (AvgIpc) is 2.79. The fourth-order valence-electron chi connectivity index (χ4n) is 3.82. The van der Waals surface area contributed by atoms with Crippen LogP contribution in [0.4, 0.5) is 0 Å². The summed E-state index contributed by atoms with van der Waals surface area (Å²) < 4.78 is 6.73. The first kappa shape index (κ1) is 12.6. The highest BCUT2D eigenvalue weighted by Crippen LogP contribution is 2.37. The molecular formula is C17H19ClNO+. The van der Waals surface area contributed by atoms with Crippen LogP contribution in [-0.2, 0) is 17.8 Å². The summed E-state index contributed by atoms with van der Waals surface area (Å²) in [6.07, 6.45) is 0. The molecule has 1 saturated heterocycles. The predicted octanol–water partition coefficient (Wildman–Crippen LogP) is 3.66. The standard InChI is InChI=1S/C17H19ClNO/c1-12-16-9-15(18)3-2-13(16)8-14-10-19(11-17(12)14)4-6-20-7-5-19/h2-3,8-9H,4-7,10-11H2,1H3/q+1. The van der Waals surface area contributed by atoms with Crippen molar-refractivity contribution in [3.8, 4) is 0 Å². The molecule has 0 unspecified atom stereocenters. The van der Waals surface area contributed by atoms with Gasteiger partial charge in [0.25, 0.3) is 0 Å². The number of ether oxygens (including phenoxy) is 1. The molecule has 1 fully saturated rings. The quantitative estimate of drug-likeness (QED) is 0.672. The largest absolute Gasteiger partial charge is 0.370 e. The Morgan fingerprint density at radius 1 is 1.10 bits per heavy atom. The van der Waals surface area contributed by atoms with Crippen LogP contribution in [0.5, 0.6) is 0 Å². The number of rotatable bonds is 0. The van der Waals surface area contributed by atoms with Crippen LogP contribution >= 0.6 is 11.6 Å². The smallest absolute Gasteiger partial charge is 0.106 e. The monoisotopic (exact) mass is 288 g/mol. The maximum Gasteiger partial charge on any atom is 0.106 e. The van der Waals surface area contributed by atoms with Gasteiger partial charge < -0.3 is 9.22 Å². The van der Waals surface area contributed by atoms with E-state index in [0.717, 1.165) is 44.4 Å². The molecule has 1 spiro atoms. The fraction of sp³-hybridized carbons (Fsp3) is 0.412. The molecule has 0 amide bonds. The summed E-state index contributed by atoms with van der Waals surface area (Å²) in [4.78, 5) is 0. The summed E-state index contributed by atoms with van der Waals surface area (Å²) in [6.45, 7) is 8.66. The highest BCUT2D eigenvalue weighted by atomic mass is 35.5. The van der Waals surface area contributed by atoms with Gasteiger partial charge in [-0.25, -0.2) is 0 Å². The molecule has 0 radical (unpaired) electrons. The van der Waals surface area contributed by atoms with Crippen LogP contribution in [0.3, 0.4) is 0 Å². The van der Waals surface area contributed by atoms with Gasteiger partial charge in [0.2, 0.25) is 0 Å². The van der Waals surface area contributed by atoms with Crippen molar-refractivity contribution >= 4 is 22.4 Å². The lowest BCUT2D eigenvalue weighted by Crippen LogP contribution is -2.50. The van der Waals surface area contributed by atoms with Gasteiger partial charge in [-0.05, 0) is 41.5 Å². The molecule has 104 valence electrons. The SMILES string of the molecule is Cc1c2c(cc3ccc(Cl)cc13)C[N+]1(CCOCC1)C2. The number of nitrogens with zero attached hydrogens (tertiary/aromatic N) is 1. The number of hydrogen-bond acceptors (Lipinski definition) is 1. The van der Waals surface area contributed by atoms with Crippen molar-refractivity contribution in [2.75, 3.05) is 26.3 Å². The van der Waals surface area contributed by atoms with Crippen molar-refractivity contribution in [3.63, 3.8) is 0 Å². The number of aryl methyl sites for hydroxylation is 1. The predicted molar refractivity (Wildman–Crippen MR) is 81.9 cm³/mol. The summed E-state index contributed by atoms with van der Waals surface area (Å²) in [7, 11) is 0. The Bertz CT molecular complexity index is 689. The molecule has 0 saturated carbocycles. The minimum Gasteiger partial charge on any atom is -0.370 e. The molecule has 2 aromatic rings. The summed E-state index contributed by atoms with van der Waals surface area (Å²) in [5, 5.41) is 3.46. The molecular weight excluding hydrogens is 270 g/mol. The van der Waals surface area contributed by atoms with Crippen LogP contribution in [0.2, 0.25) is 5.02 Å². The molecule has 0 bridgehead atoms. The van der Waals surface area contributed by atoms with Gasteiger partial charge in [-0.3, -0.25) is 0 Å². The number of fused-ring (bicyclic) bond motifs is 2. The zero-order valence-corrected chi connectivity index (χ0v) is 12.5. The zero-order chi connectivity index (χ0) is 13.7. The average molecular weight is 289 g/mol. The second-order valence-corrected chi connectivity index (χ2v) is 6.66. The summed E-state index contributed by atoms with van der Waals surface area (Å²) >= 11 is 6.16. The maximum absolute atomic E-state index is 6.16. The number of benzene rings is 2. The molecule has 2 aromatic carbocycles. The Morgan fingerprint density at radius 2 is 1.90 bits per heavy atom. The molecule has 0 aromatic heterocycles. The van der Waals surface area contributed by atoms with Gasteiger partial charge in [0.1, 0.15) is 26.2 Å². The first-order valence-corrected chi connectivity index (χ1v) is 7.68. The number of quaternary nitrogens is 1. The van der Waals surface area contributed by atoms with Crippen molar-refractivity contribution in [2.45, 2.75) is 20.0 Å². The van der Waals surface area contributed by atoms with E-state index in [0.29, 0.717) is 0 Å². The second-order valence-electron chi connectivity index (χ2n) is 6.22. The highest BCUT2D eigenvalue weighted by Gasteiger charge is 2.38. The first-order chi connectivity index (χ1) is 9.67. The molecule has 0 atom stereocenters. The third-order valence-electron chi connectivity index (χ3n) is 5.01. The van der Waals surface area contributed by atoms with E-state index in [1.165, 1.54) is 26.4 Å². The topological polar surface area (TPSA) is 9.23 Å². The van der Waals surface area contributed by atoms with Crippen molar-refractivity contribution in [1.82, 2.24) is 0 Å². The van der Waals surface area contributed by atoms with Crippen LogP contribution in [0.15, 0.2) is 24.3 Å². The van der Waals surface area contributed by atoms with E-state index in [-0.39, 0.29) is 0 Å². The summed E-state index contributed by atoms with van der Waals surface area (Å²) in [6, 6.07) is 8.61.